The maximum atomic E-state index is 12.7. The van der Waals surface area contributed by atoms with E-state index < -0.39 is 11.7 Å². The van der Waals surface area contributed by atoms with E-state index in [2.05, 4.69) is 9.69 Å². The van der Waals surface area contributed by atoms with Gasteiger partial charge in [-0.3, -0.25) is 10.1 Å². The van der Waals surface area contributed by atoms with Crippen LogP contribution in [0.2, 0.25) is 5.02 Å². The zero-order chi connectivity index (χ0) is 17.2. The summed E-state index contributed by atoms with van der Waals surface area (Å²) in [4.78, 5) is 24.6. The fourth-order valence-electron chi connectivity index (χ4n) is 1.86. The van der Waals surface area contributed by atoms with Gasteiger partial charge < -0.3 is 4.74 Å². The highest BCUT2D eigenvalue weighted by atomic mass is 35.5. The van der Waals surface area contributed by atoms with E-state index >= 15 is 0 Å². The molecule has 122 valence electrons. The monoisotopic (exact) mass is 352 g/mol. The number of hydrogen-bond acceptors (Lipinski definition) is 5. The van der Waals surface area contributed by atoms with Crippen molar-refractivity contribution < 1.29 is 14.3 Å². The Hall–Kier alpha value is -1.92. The van der Waals surface area contributed by atoms with Gasteiger partial charge in [0.05, 0.1) is 11.3 Å². The molecular weight excluding hydrogens is 336 g/mol. The Balaban J connectivity index is 2.26. The molecule has 2 aromatic rings. The Morgan fingerprint density at radius 1 is 1.22 bits per heavy atom. The minimum Gasteiger partial charge on any atom is -0.444 e. The number of nitrogens with one attached hydrogen (secondary N) is 1. The van der Waals surface area contributed by atoms with E-state index in [4.69, 9.17) is 16.3 Å². The van der Waals surface area contributed by atoms with E-state index in [0.29, 0.717) is 26.8 Å². The Kier molecular flexibility index (Phi) is 5.06. The molecule has 0 fully saturated rings. The summed E-state index contributed by atoms with van der Waals surface area (Å²) in [7, 11) is 0. The molecule has 1 heterocycles. The number of ketones is 1. The number of halogens is 1. The molecule has 1 aromatic heterocycles. The molecular formula is C16H17ClN2O3S. The van der Waals surface area contributed by atoms with Crippen LogP contribution in [0.1, 0.15) is 42.4 Å². The first kappa shape index (κ1) is 17.4. The number of hydrogen-bond donors (Lipinski definition) is 1. The molecule has 0 bridgehead atoms. The van der Waals surface area contributed by atoms with Gasteiger partial charge in [0.25, 0.3) is 0 Å². The lowest BCUT2D eigenvalue weighted by molar-refractivity contribution is 0.0636. The first-order chi connectivity index (χ1) is 10.7. The van der Waals surface area contributed by atoms with Crippen molar-refractivity contribution in [3.8, 4) is 0 Å². The molecule has 0 aliphatic rings. The normalized spacial score (nSPS) is 11.2. The van der Waals surface area contributed by atoms with Gasteiger partial charge in [0.2, 0.25) is 0 Å². The second-order valence-electron chi connectivity index (χ2n) is 5.94. The summed E-state index contributed by atoms with van der Waals surface area (Å²) in [5, 5.41) is 3.52. The second kappa shape index (κ2) is 6.68. The third-order valence-electron chi connectivity index (χ3n) is 2.81. The Labute approximate surface area is 143 Å². The summed E-state index contributed by atoms with van der Waals surface area (Å²) in [6.45, 7) is 7.03. The van der Waals surface area contributed by atoms with Crippen LogP contribution in [0.5, 0.6) is 0 Å². The highest BCUT2D eigenvalue weighted by Gasteiger charge is 2.23. The molecule has 0 radical (unpaired) electrons. The summed E-state index contributed by atoms with van der Waals surface area (Å²) >= 11 is 6.89. The summed E-state index contributed by atoms with van der Waals surface area (Å²) < 4.78 is 9.36. The van der Waals surface area contributed by atoms with Crippen LogP contribution in [0, 0.1) is 6.92 Å². The van der Waals surface area contributed by atoms with Crippen LogP contribution >= 0.6 is 23.1 Å². The lowest BCUT2D eigenvalue weighted by Gasteiger charge is -2.19. The number of carbonyl (C=O) groups is 2. The molecule has 0 saturated heterocycles. The predicted octanol–water partition coefficient (Wildman–Crippen LogP) is 4.68. The van der Waals surface area contributed by atoms with E-state index in [1.54, 1.807) is 52.0 Å². The lowest BCUT2D eigenvalue weighted by atomic mass is 10.0. The largest absolute Gasteiger partial charge is 0.444 e. The van der Waals surface area contributed by atoms with Crippen LogP contribution in [0.25, 0.3) is 0 Å². The van der Waals surface area contributed by atoms with Gasteiger partial charge >= 0.3 is 6.09 Å². The second-order valence-corrected chi connectivity index (χ2v) is 7.14. The molecule has 1 amide bonds. The van der Waals surface area contributed by atoms with Crippen molar-refractivity contribution in [3.63, 3.8) is 0 Å². The van der Waals surface area contributed by atoms with Crippen LogP contribution in [-0.2, 0) is 4.74 Å². The number of ether oxygens (including phenoxy) is 1. The topological polar surface area (TPSA) is 68.3 Å². The zero-order valence-corrected chi connectivity index (χ0v) is 14.8. The summed E-state index contributed by atoms with van der Waals surface area (Å²) in [6, 6.07) is 6.56. The summed E-state index contributed by atoms with van der Waals surface area (Å²) in [5.74, 6) is -0.223. The number of aromatic nitrogens is 1. The minimum absolute atomic E-state index is 0.223. The van der Waals surface area contributed by atoms with Gasteiger partial charge in [-0.1, -0.05) is 11.6 Å². The smallest absolute Gasteiger partial charge is 0.412 e. The highest BCUT2D eigenvalue weighted by molar-refractivity contribution is 7.11. The van der Waals surface area contributed by atoms with Crippen LogP contribution in [-0.4, -0.2) is 21.9 Å². The van der Waals surface area contributed by atoms with E-state index in [9.17, 15) is 9.59 Å². The number of rotatable bonds is 3. The average molecular weight is 353 g/mol. The van der Waals surface area contributed by atoms with Crippen molar-refractivity contribution in [2.45, 2.75) is 33.3 Å². The molecule has 0 aliphatic heterocycles. The molecule has 1 aromatic carbocycles. The number of anilines is 1. The van der Waals surface area contributed by atoms with E-state index in [0.717, 1.165) is 11.5 Å². The summed E-state index contributed by atoms with van der Waals surface area (Å²) in [6.07, 6.45) is -0.619. The SMILES string of the molecule is Cc1nsc(NC(=O)OC(C)(C)C)c1C(=O)c1ccc(Cl)cc1. The fourth-order valence-corrected chi connectivity index (χ4v) is 2.77. The van der Waals surface area contributed by atoms with Crippen LogP contribution < -0.4 is 5.32 Å². The van der Waals surface area contributed by atoms with Gasteiger partial charge in [0.15, 0.2) is 5.78 Å². The van der Waals surface area contributed by atoms with Gasteiger partial charge in [0.1, 0.15) is 10.6 Å². The van der Waals surface area contributed by atoms with Gasteiger partial charge in [-0.15, -0.1) is 0 Å². The van der Waals surface area contributed by atoms with Crippen LogP contribution in [0.3, 0.4) is 0 Å². The van der Waals surface area contributed by atoms with Crippen molar-refractivity contribution in [2.24, 2.45) is 0 Å². The molecule has 0 unspecified atom stereocenters. The fraction of sp³-hybridized carbons (Fsp3) is 0.312. The number of aryl methyl sites for hydroxylation is 1. The molecule has 1 N–H and O–H groups in total. The first-order valence-electron chi connectivity index (χ1n) is 6.94. The number of benzene rings is 1. The Morgan fingerprint density at radius 3 is 2.39 bits per heavy atom. The third-order valence-corrected chi connectivity index (χ3v) is 3.92. The van der Waals surface area contributed by atoms with E-state index in [1.807, 2.05) is 0 Å². The third kappa shape index (κ3) is 4.53. The number of carbonyl (C=O) groups excluding carboxylic acids is 2. The van der Waals surface area contributed by atoms with Crippen molar-refractivity contribution in [1.82, 2.24) is 4.37 Å². The first-order valence-corrected chi connectivity index (χ1v) is 8.09. The van der Waals surface area contributed by atoms with Crippen LogP contribution in [0.15, 0.2) is 24.3 Å². The molecule has 5 nitrogen and oxygen atoms in total. The van der Waals surface area contributed by atoms with Crippen LogP contribution in [0.4, 0.5) is 9.80 Å². The molecule has 23 heavy (non-hydrogen) atoms. The average Bonchev–Trinajstić information content (AvgIpc) is 2.77. The molecule has 0 atom stereocenters. The summed E-state index contributed by atoms with van der Waals surface area (Å²) in [5.41, 5.74) is 0.776. The Bertz CT molecular complexity index is 733. The lowest BCUT2D eigenvalue weighted by Crippen LogP contribution is -2.27. The van der Waals surface area contributed by atoms with Crippen molar-refractivity contribution >= 4 is 40.0 Å². The highest BCUT2D eigenvalue weighted by Crippen LogP contribution is 2.28. The van der Waals surface area contributed by atoms with Crippen molar-refractivity contribution in [2.75, 3.05) is 5.32 Å². The quantitative estimate of drug-likeness (QED) is 0.814. The molecule has 0 aliphatic carbocycles. The van der Waals surface area contributed by atoms with Gasteiger partial charge in [-0.05, 0) is 63.5 Å². The van der Waals surface area contributed by atoms with E-state index in [1.165, 1.54) is 0 Å². The van der Waals surface area contributed by atoms with Gasteiger partial charge in [-0.25, -0.2) is 4.79 Å². The van der Waals surface area contributed by atoms with Crippen molar-refractivity contribution in [1.29, 1.82) is 0 Å². The molecule has 2 rings (SSSR count). The number of nitrogens with zero attached hydrogens (tertiary/aromatic N) is 1. The molecule has 0 spiro atoms. The maximum Gasteiger partial charge on any atom is 0.412 e. The molecule has 7 heteroatoms. The maximum absolute atomic E-state index is 12.7. The van der Waals surface area contributed by atoms with Gasteiger partial charge in [-0.2, -0.15) is 4.37 Å². The predicted molar refractivity (Wildman–Crippen MR) is 91.6 cm³/mol. The minimum atomic E-state index is -0.621. The Morgan fingerprint density at radius 2 is 1.83 bits per heavy atom. The number of amides is 1. The zero-order valence-electron chi connectivity index (χ0n) is 13.3. The standard InChI is InChI=1S/C16H17ClN2O3S/c1-9-12(13(20)10-5-7-11(17)8-6-10)14(23-19-9)18-15(21)22-16(2,3)4/h5-8H,1-4H3,(H,18,21). The molecule has 0 saturated carbocycles. The van der Waals surface area contributed by atoms with Gasteiger partial charge in [0, 0.05) is 10.6 Å². The van der Waals surface area contributed by atoms with E-state index in [-0.39, 0.29) is 5.78 Å². The van der Waals surface area contributed by atoms with Crippen molar-refractivity contribution in [3.05, 3.63) is 46.1 Å².